The molecule has 0 aromatic heterocycles. The minimum Gasteiger partial charge on any atom is -0.207 e. The highest BCUT2D eigenvalue weighted by Gasteiger charge is 2.22. The Morgan fingerprint density at radius 3 is 2.29 bits per heavy atom. The molecular formula is C15H15Cl2NO2S. The highest BCUT2D eigenvalue weighted by molar-refractivity contribution is 7.89. The van der Waals surface area contributed by atoms with Crippen LogP contribution >= 0.6 is 23.2 Å². The first-order valence-corrected chi connectivity index (χ1v) is 8.58. The van der Waals surface area contributed by atoms with E-state index in [1.807, 2.05) is 30.3 Å². The number of hydrogen-bond donors (Lipinski definition) is 1. The molecule has 2 aromatic carbocycles. The molecule has 0 aliphatic carbocycles. The number of benzene rings is 2. The number of sulfonamides is 1. The van der Waals surface area contributed by atoms with Crippen LogP contribution in [0.3, 0.4) is 0 Å². The lowest BCUT2D eigenvalue weighted by molar-refractivity contribution is 0.567. The molecule has 1 atom stereocenters. The summed E-state index contributed by atoms with van der Waals surface area (Å²) in [5.41, 5.74) is 1.54. The molecule has 2 rings (SSSR count). The number of nitrogens with one attached hydrogen (secondary N) is 1. The largest absolute Gasteiger partial charge is 0.242 e. The van der Waals surface area contributed by atoms with Gasteiger partial charge in [0.25, 0.3) is 0 Å². The lowest BCUT2D eigenvalue weighted by atomic mass is 10.1. The number of aryl methyl sites for hydroxylation is 1. The fourth-order valence-electron chi connectivity index (χ4n) is 1.94. The first-order chi connectivity index (χ1) is 9.81. The van der Waals surface area contributed by atoms with Crippen LogP contribution in [0, 0.1) is 6.92 Å². The van der Waals surface area contributed by atoms with Crippen molar-refractivity contribution in [3.8, 4) is 0 Å². The molecule has 0 radical (unpaired) electrons. The maximum absolute atomic E-state index is 12.5. The summed E-state index contributed by atoms with van der Waals surface area (Å²) in [6, 6.07) is 11.9. The van der Waals surface area contributed by atoms with Crippen LogP contribution in [0.15, 0.2) is 47.4 Å². The monoisotopic (exact) mass is 343 g/mol. The van der Waals surface area contributed by atoms with E-state index in [1.165, 1.54) is 12.1 Å². The van der Waals surface area contributed by atoms with E-state index in [9.17, 15) is 8.42 Å². The van der Waals surface area contributed by atoms with Gasteiger partial charge in [0, 0.05) is 11.1 Å². The van der Waals surface area contributed by atoms with Gasteiger partial charge < -0.3 is 0 Å². The molecule has 0 saturated heterocycles. The van der Waals surface area contributed by atoms with E-state index in [1.54, 1.807) is 13.8 Å². The smallest absolute Gasteiger partial charge is 0.207 e. The SMILES string of the molecule is Cc1cc(S(=O)(=O)N[C@@H](C)c2ccccc2)c(Cl)cc1Cl. The van der Waals surface area contributed by atoms with Crippen molar-refractivity contribution >= 4 is 33.2 Å². The predicted molar refractivity (Wildman–Crippen MR) is 86.4 cm³/mol. The standard InChI is InChI=1S/C15H15Cl2NO2S/c1-10-8-15(14(17)9-13(10)16)21(19,20)18-11(2)12-6-4-3-5-7-12/h3-9,11,18H,1-2H3/t11-/m0/s1. The molecule has 2 aromatic rings. The van der Waals surface area contributed by atoms with Gasteiger partial charge in [0.05, 0.1) is 5.02 Å². The van der Waals surface area contributed by atoms with Crippen molar-refractivity contribution in [2.24, 2.45) is 0 Å². The highest BCUT2D eigenvalue weighted by Crippen LogP contribution is 2.29. The number of rotatable bonds is 4. The molecule has 112 valence electrons. The fourth-order valence-corrected chi connectivity index (χ4v) is 4.01. The van der Waals surface area contributed by atoms with Crippen LogP contribution in [-0.4, -0.2) is 8.42 Å². The third-order valence-electron chi connectivity index (χ3n) is 3.13. The van der Waals surface area contributed by atoms with Crippen molar-refractivity contribution in [2.75, 3.05) is 0 Å². The van der Waals surface area contributed by atoms with Crippen LogP contribution in [0.25, 0.3) is 0 Å². The molecule has 0 spiro atoms. The molecule has 0 fully saturated rings. The van der Waals surface area contributed by atoms with Crippen LogP contribution in [0.2, 0.25) is 10.0 Å². The first kappa shape index (κ1) is 16.3. The molecule has 1 N–H and O–H groups in total. The summed E-state index contributed by atoms with van der Waals surface area (Å²) in [5.74, 6) is 0. The van der Waals surface area contributed by atoms with Gasteiger partial charge in [0.2, 0.25) is 10.0 Å². The molecule has 0 saturated carbocycles. The molecule has 21 heavy (non-hydrogen) atoms. The van der Waals surface area contributed by atoms with E-state index in [0.29, 0.717) is 10.6 Å². The fraction of sp³-hybridized carbons (Fsp3) is 0.200. The van der Waals surface area contributed by atoms with Crippen molar-refractivity contribution < 1.29 is 8.42 Å². The van der Waals surface area contributed by atoms with Crippen LogP contribution in [-0.2, 0) is 10.0 Å². The lowest BCUT2D eigenvalue weighted by Gasteiger charge is -2.16. The zero-order valence-corrected chi connectivity index (χ0v) is 13.9. The summed E-state index contributed by atoms with van der Waals surface area (Å²) in [4.78, 5) is 0.0360. The quantitative estimate of drug-likeness (QED) is 0.897. The van der Waals surface area contributed by atoms with Gasteiger partial charge in [0.15, 0.2) is 0 Å². The Hall–Kier alpha value is -1.07. The van der Waals surface area contributed by atoms with Gasteiger partial charge >= 0.3 is 0 Å². The summed E-state index contributed by atoms with van der Waals surface area (Å²) in [5, 5.41) is 0.549. The number of halogens is 2. The number of hydrogen-bond acceptors (Lipinski definition) is 2. The third kappa shape index (κ3) is 3.77. The lowest BCUT2D eigenvalue weighted by Crippen LogP contribution is -2.27. The van der Waals surface area contributed by atoms with Gasteiger partial charge in [-0.3, -0.25) is 0 Å². The Kier molecular flexibility index (Phi) is 4.94. The summed E-state index contributed by atoms with van der Waals surface area (Å²) in [6.45, 7) is 3.52. The zero-order valence-electron chi connectivity index (χ0n) is 11.6. The Labute approximate surface area is 135 Å². The second-order valence-corrected chi connectivity index (χ2v) is 7.28. The van der Waals surface area contributed by atoms with Crippen molar-refractivity contribution in [1.82, 2.24) is 4.72 Å². The molecule has 0 aliphatic heterocycles. The topological polar surface area (TPSA) is 46.2 Å². The van der Waals surface area contributed by atoms with Crippen molar-refractivity contribution in [2.45, 2.75) is 24.8 Å². The van der Waals surface area contributed by atoms with Gasteiger partial charge in [-0.1, -0.05) is 53.5 Å². The predicted octanol–water partition coefficient (Wildman–Crippen LogP) is 4.34. The second kappa shape index (κ2) is 6.36. The molecule has 0 amide bonds. The first-order valence-electron chi connectivity index (χ1n) is 6.34. The molecule has 0 heterocycles. The van der Waals surface area contributed by atoms with Crippen molar-refractivity contribution in [1.29, 1.82) is 0 Å². The summed E-state index contributed by atoms with van der Waals surface area (Å²) in [6.07, 6.45) is 0. The molecule has 0 bridgehead atoms. The van der Waals surface area contributed by atoms with Gasteiger partial charge in [-0.05, 0) is 37.1 Å². The summed E-state index contributed by atoms with van der Waals surface area (Å²) >= 11 is 11.9. The average Bonchev–Trinajstić information content (AvgIpc) is 2.43. The Morgan fingerprint density at radius 2 is 1.67 bits per heavy atom. The van der Waals surface area contributed by atoms with E-state index in [2.05, 4.69) is 4.72 Å². The molecular weight excluding hydrogens is 329 g/mol. The molecule has 6 heteroatoms. The molecule has 0 unspecified atom stereocenters. The Balaban J connectivity index is 2.33. The minimum absolute atomic E-state index is 0.0360. The van der Waals surface area contributed by atoms with Crippen LogP contribution in [0.1, 0.15) is 24.1 Å². The van der Waals surface area contributed by atoms with E-state index in [4.69, 9.17) is 23.2 Å². The van der Waals surface area contributed by atoms with Crippen molar-refractivity contribution in [3.63, 3.8) is 0 Å². The normalized spacial score (nSPS) is 13.1. The van der Waals surface area contributed by atoms with Gasteiger partial charge in [-0.15, -0.1) is 0 Å². The average molecular weight is 344 g/mol. The second-order valence-electron chi connectivity index (χ2n) is 4.79. The summed E-state index contributed by atoms with van der Waals surface area (Å²) < 4.78 is 27.5. The molecule has 3 nitrogen and oxygen atoms in total. The van der Waals surface area contributed by atoms with Crippen LogP contribution < -0.4 is 4.72 Å². The maximum atomic E-state index is 12.5. The molecule has 0 aliphatic rings. The Morgan fingerprint density at radius 1 is 1.05 bits per heavy atom. The van der Waals surface area contributed by atoms with E-state index < -0.39 is 10.0 Å². The van der Waals surface area contributed by atoms with Gasteiger partial charge in [-0.2, -0.15) is 0 Å². The third-order valence-corrected chi connectivity index (χ3v) is 5.55. The van der Waals surface area contributed by atoms with E-state index in [0.717, 1.165) is 5.56 Å². The Bertz CT molecular complexity index is 746. The van der Waals surface area contributed by atoms with Crippen LogP contribution in [0.5, 0.6) is 0 Å². The highest BCUT2D eigenvalue weighted by atomic mass is 35.5. The maximum Gasteiger partial charge on any atom is 0.242 e. The minimum atomic E-state index is -3.72. The van der Waals surface area contributed by atoms with Gasteiger partial charge in [-0.25, -0.2) is 13.1 Å². The van der Waals surface area contributed by atoms with Crippen LogP contribution in [0.4, 0.5) is 0 Å². The van der Waals surface area contributed by atoms with Crippen molar-refractivity contribution in [3.05, 3.63) is 63.6 Å². The summed E-state index contributed by atoms with van der Waals surface area (Å²) in [7, 11) is -3.72. The van der Waals surface area contributed by atoms with Gasteiger partial charge in [0.1, 0.15) is 4.90 Å². The zero-order chi connectivity index (χ0) is 15.6. The van der Waals surface area contributed by atoms with E-state index >= 15 is 0 Å². The van der Waals surface area contributed by atoms with E-state index in [-0.39, 0.29) is 16.0 Å².